The second-order valence-electron chi connectivity index (χ2n) is 8.91. The molecule has 3 N–H and O–H groups in total. The topological polar surface area (TPSA) is 106 Å². The summed E-state index contributed by atoms with van der Waals surface area (Å²) in [6.45, 7) is 4.87. The van der Waals surface area contributed by atoms with E-state index >= 15 is 0 Å². The fourth-order valence-electron chi connectivity index (χ4n) is 5.10. The highest BCUT2D eigenvalue weighted by Gasteiger charge is 2.41. The van der Waals surface area contributed by atoms with Crippen LogP contribution in [-0.4, -0.2) is 49.7 Å². The molecule has 0 aliphatic carbocycles. The molecule has 8 nitrogen and oxygen atoms in total. The molecule has 3 aromatic rings. The van der Waals surface area contributed by atoms with E-state index in [1.807, 2.05) is 38.2 Å². The van der Waals surface area contributed by atoms with Crippen LogP contribution in [-0.2, 0) is 0 Å². The Hall–Kier alpha value is -3.18. The Labute approximate surface area is 182 Å². The van der Waals surface area contributed by atoms with E-state index in [-0.39, 0.29) is 5.92 Å². The molecule has 8 heteroatoms. The Morgan fingerprint density at radius 1 is 1.26 bits per heavy atom. The van der Waals surface area contributed by atoms with Gasteiger partial charge in [-0.2, -0.15) is 10.4 Å². The standard InChI is InChI=1S/C23H28N8/c1-14(12-24)13-31-17-5-6-18(31)10-16(9-17)26-23-19-4-3-7-25-20(19)11-21(28-23)27-22-8-15(2)29-30-22/h3-4,7-8,11,14,16-18H,5-6,9-10,13H2,1-2H3,(H3,26,27,28,29,30)/t14?,16?,17-,18+. The average Bonchev–Trinajstić information content (AvgIpc) is 3.26. The van der Waals surface area contributed by atoms with E-state index in [2.05, 4.69) is 42.9 Å². The smallest absolute Gasteiger partial charge is 0.153 e. The highest BCUT2D eigenvalue weighted by atomic mass is 15.2. The number of hydrogen-bond donors (Lipinski definition) is 3. The number of nitriles is 1. The number of nitrogens with zero attached hydrogens (tertiary/aromatic N) is 5. The number of H-pyrrole nitrogens is 1. The highest BCUT2D eigenvalue weighted by Crippen LogP contribution is 2.38. The Bertz CT molecular complexity index is 1100. The number of anilines is 3. The molecule has 2 unspecified atom stereocenters. The van der Waals surface area contributed by atoms with Crippen LogP contribution in [0.3, 0.4) is 0 Å². The number of aryl methyl sites for hydroxylation is 1. The summed E-state index contributed by atoms with van der Waals surface area (Å²) in [4.78, 5) is 12.0. The molecule has 0 radical (unpaired) electrons. The minimum absolute atomic E-state index is 0.0812. The number of aromatic amines is 1. The summed E-state index contributed by atoms with van der Waals surface area (Å²) in [6.07, 6.45) is 6.40. The van der Waals surface area contributed by atoms with E-state index < -0.39 is 0 Å². The van der Waals surface area contributed by atoms with Crippen molar-refractivity contribution in [1.82, 2.24) is 25.1 Å². The lowest BCUT2D eigenvalue weighted by molar-refractivity contribution is 0.123. The predicted octanol–water partition coefficient (Wildman–Crippen LogP) is 3.97. The number of fused-ring (bicyclic) bond motifs is 3. The monoisotopic (exact) mass is 416 g/mol. The van der Waals surface area contributed by atoms with Gasteiger partial charge >= 0.3 is 0 Å². The van der Waals surface area contributed by atoms with Crippen LogP contribution in [0.1, 0.15) is 38.3 Å². The molecule has 31 heavy (non-hydrogen) atoms. The third kappa shape index (κ3) is 4.06. The molecule has 0 saturated carbocycles. The van der Waals surface area contributed by atoms with Gasteiger partial charge in [0.1, 0.15) is 11.6 Å². The molecule has 2 aliphatic rings. The van der Waals surface area contributed by atoms with Gasteiger partial charge < -0.3 is 10.6 Å². The van der Waals surface area contributed by atoms with Crippen LogP contribution in [0.2, 0.25) is 0 Å². The Balaban J connectivity index is 1.37. The molecular formula is C23H28N8. The van der Waals surface area contributed by atoms with Gasteiger partial charge in [-0.3, -0.25) is 15.0 Å². The molecule has 0 amide bonds. The molecule has 2 bridgehead atoms. The van der Waals surface area contributed by atoms with E-state index in [9.17, 15) is 5.26 Å². The SMILES string of the molecule is Cc1cc(Nc2cc3ncccc3c(NC3C[C@H]4CC[C@@H](C3)N4CC(C)C#N)n2)n[nH]1. The van der Waals surface area contributed by atoms with Crippen molar-refractivity contribution in [2.75, 3.05) is 17.2 Å². The molecule has 4 atom stereocenters. The second kappa shape index (κ2) is 8.16. The number of aromatic nitrogens is 4. The molecule has 2 aliphatic heterocycles. The van der Waals surface area contributed by atoms with Crippen molar-refractivity contribution >= 4 is 28.4 Å². The van der Waals surface area contributed by atoms with Gasteiger partial charge in [0.15, 0.2) is 5.82 Å². The first-order chi connectivity index (χ1) is 15.1. The van der Waals surface area contributed by atoms with E-state index in [0.29, 0.717) is 18.1 Å². The first-order valence-electron chi connectivity index (χ1n) is 11.1. The zero-order valence-electron chi connectivity index (χ0n) is 18.0. The summed E-state index contributed by atoms with van der Waals surface area (Å²) in [6, 6.07) is 11.8. The van der Waals surface area contributed by atoms with Crippen molar-refractivity contribution in [2.45, 2.75) is 57.7 Å². The van der Waals surface area contributed by atoms with E-state index in [4.69, 9.17) is 4.98 Å². The maximum atomic E-state index is 9.22. The number of hydrogen-bond acceptors (Lipinski definition) is 7. The minimum Gasteiger partial charge on any atom is -0.367 e. The summed E-state index contributed by atoms with van der Waals surface area (Å²) in [7, 11) is 0. The van der Waals surface area contributed by atoms with Gasteiger partial charge in [-0.1, -0.05) is 0 Å². The van der Waals surface area contributed by atoms with E-state index in [1.54, 1.807) is 0 Å². The number of piperidine rings is 1. The summed E-state index contributed by atoms with van der Waals surface area (Å²) in [5.74, 6) is 2.41. The largest absolute Gasteiger partial charge is 0.367 e. The summed E-state index contributed by atoms with van der Waals surface area (Å²) in [5, 5.41) is 24.5. The Morgan fingerprint density at radius 2 is 2.06 bits per heavy atom. The van der Waals surface area contributed by atoms with E-state index in [1.165, 1.54) is 12.8 Å². The van der Waals surface area contributed by atoms with Crippen molar-refractivity contribution in [3.8, 4) is 6.07 Å². The second-order valence-corrected chi connectivity index (χ2v) is 8.91. The van der Waals surface area contributed by atoms with Gasteiger partial charge in [-0.05, 0) is 51.7 Å². The Morgan fingerprint density at radius 3 is 2.77 bits per heavy atom. The molecule has 0 aromatic carbocycles. The zero-order valence-corrected chi connectivity index (χ0v) is 18.0. The first kappa shape index (κ1) is 19.8. The fourth-order valence-corrected chi connectivity index (χ4v) is 5.10. The highest BCUT2D eigenvalue weighted by molar-refractivity contribution is 5.91. The summed E-state index contributed by atoms with van der Waals surface area (Å²) in [5.41, 5.74) is 1.89. The van der Waals surface area contributed by atoms with Gasteiger partial charge in [0.25, 0.3) is 0 Å². The average molecular weight is 417 g/mol. The van der Waals surface area contributed by atoms with Crippen molar-refractivity contribution in [3.63, 3.8) is 0 Å². The third-order valence-electron chi connectivity index (χ3n) is 6.49. The van der Waals surface area contributed by atoms with Crippen LogP contribution in [0, 0.1) is 24.2 Å². The molecule has 160 valence electrons. The molecule has 0 spiro atoms. The normalized spacial score (nSPS) is 24.1. The van der Waals surface area contributed by atoms with Gasteiger partial charge in [-0.25, -0.2) is 4.98 Å². The van der Waals surface area contributed by atoms with Crippen LogP contribution in [0.25, 0.3) is 10.9 Å². The van der Waals surface area contributed by atoms with Crippen molar-refractivity contribution in [2.24, 2.45) is 5.92 Å². The van der Waals surface area contributed by atoms with Crippen LogP contribution in [0.4, 0.5) is 17.5 Å². The lowest BCUT2D eigenvalue weighted by Gasteiger charge is -2.40. The fraction of sp³-hybridized carbons (Fsp3) is 0.478. The molecule has 2 saturated heterocycles. The predicted molar refractivity (Wildman–Crippen MR) is 121 cm³/mol. The zero-order chi connectivity index (χ0) is 21.4. The quantitative estimate of drug-likeness (QED) is 0.558. The lowest BCUT2D eigenvalue weighted by Crippen LogP contribution is -2.48. The lowest BCUT2D eigenvalue weighted by atomic mass is 9.96. The molecule has 5 heterocycles. The molecular weight excluding hydrogens is 388 g/mol. The summed E-state index contributed by atoms with van der Waals surface area (Å²) >= 11 is 0. The van der Waals surface area contributed by atoms with Gasteiger partial charge in [0, 0.05) is 54.1 Å². The summed E-state index contributed by atoms with van der Waals surface area (Å²) < 4.78 is 0. The van der Waals surface area contributed by atoms with Crippen molar-refractivity contribution in [3.05, 3.63) is 36.2 Å². The van der Waals surface area contributed by atoms with Gasteiger partial charge in [0.05, 0.1) is 17.5 Å². The van der Waals surface area contributed by atoms with Gasteiger partial charge in [-0.15, -0.1) is 0 Å². The van der Waals surface area contributed by atoms with Crippen molar-refractivity contribution in [1.29, 1.82) is 5.26 Å². The van der Waals surface area contributed by atoms with Gasteiger partial charge in [0.2, 0.25) is 0 Å². The van der Waals surface area contributed by atoms with Crippen molar-refractivity contribution < 1.29 is 0 Å². The molecule has 3 aromatic heterocycles. The number of rotatable bonds is 6. The Kier molecular flexibility index (Phi) is 5.20. The maximum absolute atomic E-state index is 9.22. The maximum Gasteiger partial charge on any atom is 0.153 e. The molecule has 2 fully saturated rings. The van der Waals surface area contributed by atoms with E-state index in [0.717, 1.165) is 53.4 Å². The number of pyridine rings is 2. The number of nitrogens with one attached hydrogen (secondary N) is 3. The molecule has 5 rings (SSSR count). The van der Waals surface area contributed by atoms with Crippen LogP contribution in [0.5, 0.6) is 0 Å². The van der Waals surface area contributed by atoms with Crippen LogP contribution < -0.4 is 10.6 Å². The van der Waals surface area contributed by atoms with Crippen LogP contribution in [0.15, 0.2) is 30.5 Å². The first-order valence-corrected chi connectivity index (χ1v) is 11.1. The van der Waals surface area contributed by atoms with Crippen LogP contribution >= 0.6 is 0 Å². The minimum atomic E-state index is 0.0812. The third-order valence-corrected chi connectivity index (χ3v) is 6.49.